The third-order valence-electron chi connectivity index (χ3n) is 4.06. The highest BCUT2D eigenvalue weighted by Crippen LogP contribution is 2.26. The molecule has 0 radical (unpaired) electrons. The number of aromatic hydroxyl groups is 1. The zero-order valence-electron chi connectivity index (χ0n) is 14.3. The number of carbonyl (C=O) groups excluding carboxylic acids is 1. The van der Waals surface area contributed by atoms with Gasteiger partial charge in [0.2, 0.25) is 0 Å². The van der Waals surface area contributed by atoms with Crippen LogP contribution in [0.25, 0.3) is 10.9 Å². The Hall–Kier alpha value is -3.05. The van der Waals surface area contributed by atoms with E-state index in [-0.39, 0.29) is 11.3 Å². The molecule has 3 aromatic rings. The minimum Gasteiger partial charge on any atom is -0.506 e. The predicted octanol–water partition coefficient (Wildman–Crippen LogP) is 4.10. The van der Waals surface area contributed by atoms with Gasteiger partial charge in [-0.1, -0.05) is 23.7 Å². The molecule has 0 atom stereocenters. The number of aryl methyl sites for hydroxylation is 1. The number of para-hydroxylation sites is 1. The number of pyridine rings is 1. The Bertz CT molecular complexity index is 1080. The molecule has 0 amide bonds. The van der Waals surface area contributed by atoms with Gasteiger partial charge in [-0.3, -0.25) is 9.59 Å². The second-order valence-corrected chi connectivity index (χ2v) is 6.36. The van der Waals surface area contributed by atoms with Crippen LogP contribution < -0.4 is 10.9 Å². The van der Waals surface area contributed by atoms with Gasteiger partial charge in [0.1, 0.15) is 11.3 Å². The second kappa shape index (κ2) is 7.06. The minimum absolute atomic E-state index is 0.247. The molecule has 0 bridgehead atoms. The van der Waals surface area contributed by atoms with Crippen molar-refractivity contribution in [3.8, 4) is 5.75 Å². The van der Waals surface area contributed by atoms with Crippen molar-refractivity contribution in [1.82, 2.24) is 4.57 Å². The van der Waals surface area contributed by atoms with Crippen LogP contribution in [0.15, 0.2) is 65.1 Å². The highest BCUT2D eigenvalue weighted by Gasteiger charge is 2.19. The van der Waals surface area contributed by atoms with Gasteiger partial charge in [-0.2, -0.15) is 0 Å². The van der Waals surface area contributed by atoms with E-state index in [0.29, 0.717) is 21.6 Å². The first-order valence-electron chi connectivity index (χ1n) is 7.94. The summed E-state index contributed by atoms with van der Waals surface area (Å²) < 4.78 is 1.36. The number of halogens is 1. The molecule has 6 heteroatoms. The number of hydrogen-bond donors (Lipinski definition) is 2. The van der Waals surface area contributed by atoms with E-state index in [1.165, 1.54) is 10.6 Å². The van der Waals surface area contributed by atoms with E-state index in [2.05, 4.69) is 5.32 Å². The van der Waals surface area contributed by atoms with Crippen LogP contribution >= 0.6 is 11.6 Å². The molecule has 2 aromatic carbocycles. The molecule has 1 aromatic heterocycles. The van der Waals surface area contributed by atoms with Gasteiger partial charge in [-0.05, 0) is 43.3 Å². The zero-order chi connectivity index (χ0) is 18.8. The summed E-state index contributed by atoms with van der Waals surface area (Å²) in [6.45, 7) is 1.70. The molecule has 3 rings (SSSR count). The van der Waals surface area contributed by atoms with Crippen LogP contribution in [0.5, 0.6) is 5.75 Å². The van der Waals surface area contributed by atoms with Gasteiger partial charge in [0.15, 0.2) is 5.78 Å². The number of hydrogen-bond acceptors (Lipinski definition) is 4. The maximum absolute atomic E-state index is 12.6. The lowest BCUT2D eigenvalue weighted by molar-refractivity contribution is 0.104. The number of benzene rings is 2. The molecular formula is C20H17ClN2O3. The summed E-state index contributed by atoms with van der Waals surface area (Å²) in [7, 11) is 1.57. The van der Waals surface area contributed by atoms with Crippen molar-refractivity contribution in [3.05, 3.63) is 81.2 Å². The molecule has 132 valence electrons. The first-order valence-corrected chi connectivity index (χ1v) is 8.32. The SMILES string of the molecule is CC(=CC(=O)c1c(O)c2ccccc2n(C)c1=O)Nc1ccc(Cl)cc1. The lowest BCUT2D eigenvalue weighted by Gasteiger charge is -2.11. The Morgan fingerprint density at radius 1 is 1.15 bits per heavy atom. The number of anilines is 1. The third-order valence-corrected chi connectivity index (χ3v) is 4.31. The second-order valence-electron chi connectivity index (χ2n) is 5.93. The number of carbonyl (C=O) groups is 1. The average molecular weight is 369 g/mol. The van der Waals surface area contributed by atoms with Crippen molar-refractivity contribution in [2.24, 2.45) is 7.05 Å². The highest BCUT2D eigenvalue weighted by atomic mass is 35.5. The number of nitrogens with zero attached hydrogens (tertiary/aromatic N) is 1. The maximum atomic E-state index is 12.6. The summed E-state index contributed by atoms with van der Waals surface area (Å²) in [5.74, 6) is -0.864. The zero-order valence-corrected chi connectivity index (χ0v) is 15.0. The summed E-state index contributed by atoms with van der Waals surface area (Å²) in [5, 5.41) is 14.6. The van der Waals surface area contributed by atoms with Crippen molar-refractivity contribution in [2.75, 3.05) is 5.32 Å². The fraction of sp³-hybridized carbons (Fsp3) is 0.100. The van der Waals surface area contributed by atoms with Crippen LogP contribution in [0.4, 0.5) is 5.69 Å². The van der Waals surface area contributed by atoms with Gasteiger partial charge in [0, 0.05) is 34.9 Å². The smallest absolute Gasteiger partial charge is 0.265 e. The molecule has 0 saturated carbocycles. The van der Waals surface area contributed by atoms with Crippen molar-refractivity contribution >= 4 is 34.0 Å². The number of nitrogens with one attached hydrogen (secondary N) is 1. The van der Waals surface area contributed by atoms with Crippen LogP contribution in [0, 0.1) is 0 Å². The summed E-state index contributed by atoms with van der Waals surface area (Å²) in [6, 6.07) is 13.9. The maximum Gasteiger partial charge on any atom is 0.265 e. The number of rotatable bonds is 4. The van der Waals surface area contributed by atoms with Crippen LogP contribution in [0.1, 0.15) is 17.3 Å². The molecular weight excluding hydrogens is 352 g/mol. The quantitative estimate of drug-likeness (QED) is 0.537. The first kappa shape index (κ1) is 17.8. The fourth-order valence-electron chi connectivity index (χ4n) is 2.77. The number of allylic oxidation sites excluding steroid dienone is 2. The molecule has 2 N–H and O–H groups in total. The molecule has 26 heavy (non-hydrogen) atoms. The van der Waals surface area contributed by atoms with E-state index in [1.807, 2.05) is 0 Å². The number of fused-ring (bicyclic) bond motifs is 1. The monoisotopic (exact) mass is 368 g/mol. The Labute approximate surface area is 155 Å². The van der Waals surface area contributed by atoms with Crippen molar-refractivity contribution in [2.45, 2.75) is 6.92 Å². The minimum atomic E-state index is -0.562. The largest absolute Gasteiger partial charge is 0.506 e. The third kappa shape index (κ3) is 3.34. The van der Waals surface area contributed by atoms with Gasteiger partial charge in [0.25, 0.3) is 5.56 Å². The molecule has 0 saturated heterocycles. The average Bonchev–Trinajstić information content (AvgIpc) is 2.62. The Balaban J connectivity index is 1.99. The van der Waals surface area contributed by atoms with Crippen molar-refractivity contribution in [1.29, 1.82) is 0 Å². The molecule has 0 aliphatic rings. The molecule has 0 aliphatic heterocycles. The van der Waals surface area contributed by atoms with Crippen molar-refractivity contribution in [3.63, 3.8) is 0 Å². The lowest BCUT2D eigenvalue weighted by atomic mass is 10.1. The molecule has 0 aliphatic carbocycles. The van der Waals surface area contributed by atoms with Gasteiger partial charge < -0.3 is 15.0 Å². The van der Waals surface area contributed by atoms with Crippen molar-refractivity contribution < 1.29 is 9.90 Å². The van der Waals surface area contributed by atoms with Crippen LogP contribution in [0.3, 0.4) is 0 Å². The Morgan fingerprint density at radius 3 is 2.50 bits per heavy atom. The van der Waals surface area contributed by atoms with E-state index in [4.69, 9.17) is 11.6 Å². The van der Waals surface area contributed by atoms with E-state index in [9.17, 15) is 14.7 Å². The highest BCUT2D eigenvalue weighted by molar-refractivity contribution is 6.30. The van der Waals surface area contributed by atoms with E-state index >= 15 is 0 Å². The summed E-state index contributed by atoms with van der Waals surface area (Å²) in [4.78, 5) is 25.2. The van der Waals surface area contributed by atoms with Gasteiger partial charge in [-0.25, -0.2) is 0 Å². The normalized spacial score (nSPS) is 11.6. The van der Waals surface area contributed by atoms with Gasteiger partial charge in [-0.15, -0.1) is 0 Å². The Kier molecular flexibility index (Phi) is 4.82. The van der Waals surface area contributed by atoms with Crippen LogP contribution in [-0.4, -0.2) is 15.5 Å². The number of ketones is 1. The standard InChI is InChI=1S/C20H17ClN2O3/c1-12(22-14-9-7-13(21)8-10-14)11-17(24)18-19(25)15-5-3-4-6-16(15)23(2)20(18)26/h3-11,22,25H,1-2H3. The molecule has 1 heterocycles. The first-order chi connectivity index (χ1) is 12.4. The Morgan fingerprint density at radius 2 is 1.81 bits per heavy atom. The van der Waals surface area contributed by atoms with Gasteiger partial charge >= 0.3 is 0 Å². The molecule has 5 nitrogen and oxygen atoms in total. The topological polar surface area (TPSA) is 71.3 Å². The predicted molar refractivity (Wildman–Crippen MR) is 104 cm³/mol. The van der Waals surface area contributed by atoms with Crippen LogP contribution in [-0.2, 0) is 7.05 Å². The molecule has 0 unspecified atom stereocenters. The summed E-state index contributed by atoms with van der Waals surface area (Å²) in [6.07, 6.45) is 1.29. The van der Waals surface area contributed by atoms with E-state index in [0.717, 1.165) is 5.69 Å². The van der Waals surface area contributed by atoms with Gasteiger partial charge in [0.05, 0.1) is 5.52 Å². The summed E-state index contributed by atoms with van der Waals surface area (Å²) >= 11 is 5.85. The fourth-order valence-corrected chi connectivity index (χ4v) is 2.89. The van der Waals surface area contributed by atoms with Crippen LogP contribution in [0.2, 0.25) is 5.02 Å². The molecule has 0 fully saturated rings. The number of aromatic nitrogens is 1. The van der Waals surface area contributed by atoms with E-state index in [1.54, 1.807) is 62.5 Å². The van der Waals surface area contributed by atoms with E-state index < -0.39 is 11.3 Å². The lowest BCUT2D eigenvalue weighted by Crippen LogP contribution is -2.24. The summed E-state index contributed by atoms with van der Waals surface area (Å²) in [5.41, 5.74) is 1.07. The molecule has 0 spiro atoms.